The van der Waals surface area contributed by atoms with E-state index in [1.165, 1.54) is 11.1 Å². The molecule has 6 bridgehead atoms. The van der Waals surface area contributed by atoms with Crippen LogP contribution < -0.4 is 21.1 Å². The highest BCUT2D eigenvalue weighted by molar-refractivity contribution is 6.32. The number of piperazine rings is 1. The molecule has 3 amide bonds. The lowest BCUT2D eigenvalue weighted by Gasteiger charge is -2.33. The first-order valence-electron chi connectivity index (χ1n) is 11.5. The summed E-state index contributed by atoms with van der Waals surface area (Å²) < 4.78 is 5.97. The van der Waals surface area contributed by atoms with Crippen molar-refractivity contribution in [3.8, 4) is 5.75 Å². The number of hydrogen-bond donors (Lipinski definition) is 3. The fourth-order valence-electron chi connectivity index (χ4n) is 4.15. The monoisotopic (exact) mass is 508 g/mol. The summed E-state index contributed by atoms with van der Waals surface area (Å²) in [6.45, 7) is 1.60. The number of fused-ring (bicyclic) bond motifs is 6. The molecule has 36 heavy (non-hydrogen) atoms. The smallest absolute Gasteiger partial charge is 0.314 e. The number of nitrogens with one attached hydrogen (secondary N) is 2. The van der Waals surface area contributed by atoms with Crippen molar-refractivity contribution < 1.29 is 14.3 Å². The lowest BCUT2D eigenvalue weighted by molar-refractivity contribution is -0.134. The topological polar surface area (TPSA) is 139 Å². The number of benzene rings is 1. The van der Waals surface area contributed by atoms with Crippen LogP contribution in [0.2, 0.25) is 5.02 Å². The number of nitrogens with zero attached hydrogens (tertiary/aromatic N) is 5. The molecule has 5 rings (SSSR count). The molecule has 0 saturated carbocycles. The van der Waals surface area contributed by atoms with Crippen LogP contribution in [0.4, 0.5) is 27.9 Å². The molecule has 11 nitrogen and oxygen atoms in total. The van der Waals surface area contributed by atoms with E-state index in [2.05, 4.69) is 25.6 Å². The summed E-state index contributed by atoms with van der Waals surface area (Å²) in [5, 5.41) is 6.79. The molecule has 12 heteroatoms. The first-order valence-corrected chi connectivity index (χ1v) is 11.9. The van der Waals surface area contributed by atoms with Crippen LogP contribution in [0.1, 0.15) is 11.1 Å². The van der Waals surface area contributed by atoms with E-state index in [9.17, 15) is 9.59 Å². The van der Waals surface area contributed by atoms with E-state index in [4.69, 9.17) is 22.1 Å². The van der Waals surface area contributed by atoms with Crippen molar-refractivity contribution in [3.63, 3.8) is 0 Å². The van der Waals surface area contributed by atoms with E-state index in [1.54, 1.807) is 11.1 Å². The van der Waals surface area contributed by atoms with Gasteiger partial charge in [-0.1, -0.05) is 11.6 Å². The molecule has 4 heterocycles. The van der Waals surface area contributed by atoms with Crippen LogP contribution in [0.25, 0.3) is 0 Å². The predicted molar refractivity (Wildman–Crippen MR) is 135 cm³/mol. The van der Waals surface area contributed by atoms with E-state index in [1.807, 2.05) is 30.5 Å². The number of rotatable bonds is 3. The molecule has 0 atom stereocenters. The average Bonchev–Trinajstić information content (AvgIpc) is 2.89. The van der Waals surface area contributed by atoms with Gasteiger partial charge in [-0.05, 0) is 48.2 Å². The zero-order chi connectivity index (χ0) is 25.1. The average molecular weight is 509 g/mol. The summed E-state index contributed by atoms with van der Waals surface area (Å²) in [7, 11) is 0. The van der Waals surface area contributed by atoms with Crippen LogP contribution in [0.5, 0.6) is 5.75 Å². The summed E-state index contributed by atoms with van der Waals surface area (Å²) in [5.74, 6) is 1.34. The Balaban J connectivity index is 1.35. The minimum atomic E-state index is -0.469. The highest BCUT2D eigenvalue weighted by Gasteiger charge is 2.23. The minimum Gasteiger partial charge on any atom is -0.483 e. The number of primary amides is 1. The second kappa shape index (κ2) is 10.2. The number of anilines is 4. The maximum absolute atomic E-state index is 12.7. The number of pyridine rings is 1. The number of carbonyl (C=O) groups is 2. The van der Waals surface area contributed by atoms with E-state index in [-0.39, 0.29) is 12.5 Å². The summed E-state index contributed by atoms with van der Waals surface area (Å²) in [6.07, 6.45) is 6.43. The minimum absolute atomic E-state index is 0.0988. The lowest BCUT2D eigenvalue weighted by atomic mass is 10.0. The van der Waals surface area contributed by atoms with Gasteiger partial charge in [0.1, 0.15) is 10.8 Å². The molecule has 186 valence electrons. The molecule has 1 aromatic carbocycles. The van der Waals surface area contributed by atoms with E-state index in [0.717, 1.165) is 22.5 Å². The number of halogens is 1. The maximum atomic E-state index is 12.7. The van der Waals surface area contributed by atoms with Gasteiger partial charge in [0.2, 0.25) is 5.95 Å². The number of aromatic nitrogens is 3. The van der Waals surface area contributed by atoms with E-state index < -0.39 is 6.03 Å². The van der Waals surface area contributed by atoms with Crippen LogP contribution in [0.15, 0.2) is 42.9 Å². The van der Waals surface area contributed by atoms with Gasteiger partial charge in [0.25, 0.3) is 5.91 Å². The molecule has 1 fully saturated rings. The number of aryl methyl sites for hydroxylation is 2. The van der Waals surface area contributed by atoms with Gasteiger partial charge in [0.05, 0.1) is 18.1 Å². The highest BCUT2D eigenvalue weighted by Crippen LogP contribution is 2.30. The zero-order valence-electron chi connectivity index (χ0n) is 19.4. The third-order valence-corrected chi connectivity index (χ3v) is 6.37. The molecule has 0 aliphatic carbocycles. The van der Waals surface area contributed by atoms with Crippen LogP contribution >= 0.6 is 11.6 Å². The van der Waals surface area contributed by atoms with Crippen LogP contribution in [-0.4, -0.2) is 69.5 Å². The third-order valence-electron chi connectivity index (χ3n) is 6.10. The standard InChI is InChI=1S/C24H25ClN8O3/c25-19-13-28-24-30-18-9-15(11-27-12-18)1-2-16-10-17(29-22(19)31-24)3-4-20(16)36-14-21(34)32-5-7-33(8-6-32)23(26)35/h3-4,9-13H,1-2,5-8,14H2,(H2,26,35)(H2,28,29,30,31). The molecule has 0 spiro atoms. The predicted octanol–water partition coefficient (Wildman–Crippen LogP) is 2.71. The van der Waals surface area contributed by atoms with Gasteiger partial charge in [-0.25, -0.2) is 9.78 Å². The molecular formula is C24H25ClN8O3. The molecule has 0 radical (unpaired) electrons. The fourth-order valence-corrected chi connectivity index (χ4v) is 4.29. The number of urea groups is 1. The molecule has 2 aliphatic heterocycles. The summed E-state index contributed by atoms with van der Waals surface area (Å²) in [5.41, 5.74) is 8.83. The summed E-state index contributed by atoms with van der Waals surface area (Å²) in [6, 6.07) is 7.17. The molecule has 1 saturated heterocycles. The highest BCUT2D eigenvalue weighted by atomic mass is 35.5. The van der Waals surface area contributed by atoms with Gasteiger partial charge in [0, 0.05) is 38.1 Å². The molecule has 0 unspecified atom stereocenters. The van der Waals surface area contributed by atoms with Crippen molar-refractivity contribution in [2.45, 2.75) is 12.8 Å². The summed E-state index contributed by atoms with van der Waals surface area (Å²) >= 11 is 6.33. The quantitative estimate of drug-likeness (QED) is 0.491. The van der Waals surface area contributed by atoms with Crippen molar-refractivity contribution in [1.82, 2.24) is 24.8 Å². The van der Waals surface area contributed by atoms with Gasteiger partial charge < -0.3 is 30.9 Å². The van der Waals surface area contributed by atoms with Crippen molar-refractivity contribution in [1.29, 1.82) is 0 Å². The first kappa shape index (κ1) is 23.6. The Bertz CT molecular complexity index is 1300. The number of ether oxygens (including phenoxy) is 1. The fraction of sp³-hybridized carbons (Fsp3) is 0.292. The Morgan fingerprint density at radius 1 is 1.00 bits per heavy atom. The zero-order valence-corrected chi connectivity index (χ0v) is 20.2. The van der Waals surface area contributed by atoms with Crippen molar-refractivity contribution >= 4 is 46.7 Å². The second-order valence-corrected chi connectivity index (χ2v) is 8.95. The number of hydrogen-bond acceptors (Lipinski definition) is 8. The SMILES string of the molecule is NC(=O)N1CCN(C(=O)COc2ccc3cc2CCc2cncc(c2)Nc2ncc(Cl)c(n2)N3)CC1. The second-order valence-electron chi connectivity index (χ2n) is 8.54. The van der Waals surface area contributed by atoms with Gasteiger partial charge in [-0.15, -0.1) is 0 Å². The Kier molecular flexibility index (Phi) is 6.72. The molecular weight excluding hydrogens is 484 g/mol. The molecule has 2 aromatic heterocycles. The van der Waals surface area contributed by atoms with Crippen molar-refractivity contribution in [2.24, 2.45) is 5.73 Å². The lowest BCUT2D eigenvalue weighted by Crippen LogP contribution is -2.52. The van der Waals surface area contributed by atoms with E-state index in [0.29, 0.717) is 61.6 Å². The van der Waals surface area contributed by atoms with Crippen LogP contribution in [0.3, 0.4) is 0 Å². The Hall–Kier alpha value is -4.12. The van der Waals surface area contributed by atoms with E-state index >= 15 is 0 Å². The first-order chi connectivity index (χ1) is 17.4. The third kappa shape index (κ3) is 5.41. The maximum Gasteiger partial charge on any atom is 0.314 e. The summed E-state index contributed by atoms with van der Waals surface area (Å²) in [4.78, 5) is 40.3. The van der Waals surface area contributed by atoms with Crippen molar-refractivity contribution in [2.75, 3.05) is 43.4 Å². The normalized spacial score (nSPS) is 14.9. The molecule has 3 aromatic rings. The Morgan fingerprint density at radius 2 is 1.81 bits per heavy atom. The molecule has 2 aliphatic rings. The largest absolute Gasteiger partial charge is 0.483 e. The Labute approximate surface area is 212 Å². The number of amides is 3. The number of nitrogens with two attached hydrogens (primary N) is 1. The van der Waals surface area contributed by atoms with Crippen LogP contribution in [0, 0.1) is 0 Å². The van der Waals surface area contributed by atoms with Crippen LogP contribution in [-0.2, 0) is 17.6 Å². The Morgan fingerprint density at radius 3 is 2.61 bits per heavy atom. The number of carbonyl (C=O) groups excluding carboxylic acids is 2. The van der Waals surface area contributed by atoms with Gasteiger partial charge in [-0.2, -0.15) is 4.98 Å². The van der Waals surface area contributed by atoms with Gasteiger partial charge in [0.15, 0.2) is 12.4 Å². The van der Waals surface area contributed by atoms with Gasteiger partial charge in [-0.3, -0.25) is 9.78 Å². The molecule has 4 N–H and O–H groups in total. The van der Waals surface area contributed by atoms with Crippen molar-refractivity contribution in [3.05, 3.63) is 59.0 Å². The van der Waals surface area contributed by atoms with Gasteiger partial charge >= 0.3 is 6.03 Å².